The largest absolute Gasteiger partial charge is 0.415 e. The normalized spacial score (nSPS) is 10.9. The van der Waals surface area contributed by atoms with Crippen molar-refractivity contribution in [3.8, 4) is 0 Å². The molecule has 0 saturated carbocycles. The lowest BCUT2D eigenvalue weighted by Crippen LogP contribution is -1.94. The van der Waals surface area contributed by atoms with E-state index in [9.17, 15) is 4.79 Å². The summed E-state index contributed by atoms with van der Waals surface area (Å²) in [5, 5.41) is 10.1. The molecule has 0 radical (unpaired) electrons. The van der Waals surface area contributed by atoms with Crippen molar-refractivity contribution in [1.29, 1.82) is 0 Å². The third-order valence-corrected chi connectivity index (χ3v) is 4.58. The third-order valence-electron chi connectivity index (χ3n) is 3.84. The molecule has 0 fully saturated rings. The van der Waals surface area contributed by atoms with Crippen LogP contribution in [0.4, 0.5) is 0 Å². The van der Waals surface area contributed by atoms with Gasteiger partial charge in [-0.15, -0.1) is 10.2 Å². The molecule has 4 aromatic rings. The molecule has 0 saturated heterocycles. The minimum absolute atomic E-state index is 0.105. The highest BCUT2D eigenvalue weighted by molar-refractivity contribution is 8.14. The van der Waals surface area contributed by atoms with E-state index in [4.69, 9.17) is 4.42 Å². The molecule has 0 spiro atoms. The highest BCUT2D eigenvalue weighted by Crippen LogP contribution is 2.27. The van der Waals surface area contributed by atoms with Crippen LogP contribution in [0.2, 0.25) is 0 Å². The van der Waals surface area contributed by atoms with Gasteiger partial charge in [0.2, 0.25) is 11.0 Å². The zero-order chi connectivity index (χ0) is 17.1. The monoisotopic (exact) mass is 346 g/mol. The van der Waals surface area contributed by atoms with Crippen LogP contribution in [0.3, 0.4) is 0 Å². The fourth-order valence-corrected chi connectivity index (χ4v) is 3.33. The zero-order valence-corrected chi connectivity index (χ0v) is 14.1. The lowest BCUT2D eigenvalue weighted by atomic mass is 10.1. The minimum atomic E-state index is -0.105. The Balaban J connectivity index is 1.53. The molecule has 1 heterocycles. The number of benzene rings is 3. The molecule has 0 aliphatic carbocycles. The number of aromatic nitrogens is 2. The van der Waals surface area contributed by atoms with Crippen LogP contribution in [-0.4, -0.2) is 15.3 Å². The molecule has 3 aromatic carbocycles. The molecule has 122 valence electrons. The number of fused-ring (bicyclic) bond motifs is 1. The first-order chi connectivity index (χ1) is 12.3. The molecule has 0 amide bonds. The second-order valence-corrected chi connectivity index (χ2v) is 6.46. The van der Waals surface area contributed by atoms with Crippen molar-refractivity contribution in [2.45, 2.75) is 11.6 Å². The van der Waals surface area contributed by atoms with Crippen LogP contribution in [-0.2, 0) is 6.42 Å². The number of carbonyl (C=O) groups excluding carboxylic acids is 1. The average molecular weight is 346 g/mol. The summed E-state index contributed by atoms with van der Waals surface area (Å²) >= 11 is 0.964. The summed E-state index contributed by atoms with van der Waals surface area (Å²) in [5.74, 6) is 0.499. The standard InChI is InChI=1S/C20H14N2O2S/c23-19(17-12-6-10-15-9-4-5-11-16(15)17)25-20-22-21-18(24-20)13-14-7-2-1-3-8-14/h1-12H,13H2. The van der Waals surface area contributed by atoms with E-state index in [1.807, 2.05) is 72.8 Å². The average Bonchev–Trinajstić information content (AvgIpc) is 3.09. The van der Waals surface area contributed by atoms with Gasteiger partial charge in [-0.1, -0.05) is 66.7 Å². The van der Waals surface area contributed by atoms with Gasteiger partial charge in [-0.3, -0.25) is 4.79 Å². The summed E-state index contributed by atoms with van der Waals surface area (Å²) < 4.78 is 5.61. The molecule has 0 aliphatic rings. The van der Waals surface area contributed by atoms with Gasteiger partial charge in [0.15, 0.2) is 0 Å². The van der Waals surface area contributed by atoms with Crippen LogP contribution < -0.4 is 0 Å². The van der Waals surface area contributed by atoms with E-state index in [1.165, 1.54) is 0 Å². The summed E-state index contributed by atoms with van der Waals surface area (Å²) in [7, 11) is 0. The molecule has 0 N–H and O–H groups in total. The van der Waals surface area contributed by atoms with Gasteiger partial charge in [-0.25, -0.2) is 0 Å². The number of nitrogens with zero attached hydrogens (tertiary/aromatic N) is 2. The first-order valence-corrected chi connectivity index (χ1v) is 8.67. The topological polar surface area (TPSA) is 56.0 Å². The van der Waals surface area contributed by atoms with Crippen LogP contribution in [0.25, 0.3) is 10.8 Å². The van der Waals surface area contributed by atoms with Crippen molar-refractivity contribution in [2.75, 3.05) is 0 Å². The van der Waals surface area contributed by atoms with Crippen LogP contribution in [0, 0.1) is 0 Å². The molecule has 5 heteroatoms. The second kappa shape index (κ2) is 6.91. The second-order valence-electron chi connectivity index (χ2n) is 5.54. The Kier molecular flexibility index (Phi) is 4.31. The smallest absolute Gasteiger partial charge is 0.284 e. The Labute approximate surface area is 148 Å². The van der Waals surface area contributed by atoms with Gasteiger partial charge in [0.25, 0.3) is 5.22 Å². The van der Waals surface area contributed by atoms with Gasteiger partial charge < -0.3 is 4.42 Å². The van der Waals surface area contributed by atoms with Crippen molar-refractivity contribution in [3.63, 3.8) is 0 Å². The fraction of sp³-hybridized carbons (Fsp3) is 0.0500. The Hall–Kier alpha value is -2.92. The van der Waals surface area contributed by atoms with Crippen LogP contribution in [0.15, 0.2) is 82.4 Å². The summed E-state index contributed by atoms with van der Waals surface area (Å²) in [6.45, 7) is 0. The van der Waals surface area contributed by atoms with Gasteiger partial charge >= 0.3 is 0 Å². The fourth-order valence-electron chi connectivity index (χ4n) is 2.66. The highest BCUT2D eigenvalue weighted by atomic mass is 32.2. The maximum Gasteiger partial charge on any atom is 0.284 e. The van der Waals surface area contributed by atoms with E-state index in [1.54, 1.807) is 0 Å². The summed E-state index contributed by atoms with van der Waals surface area (Å²) in [4.78, 5) is 12.6. The highest BCUT2D eigenvalue weighted by Gasteiger charge is 2.16. The number of hydrogen-bond donors (Lipinski definition) is 0. The van der Waals surface area contributed by atoms with E-state index in [0.717, 1.165) is 28.1 Å². The molecule has 4 nitrogen and oxygen atoms in total. The maximum atomic E-state index is 12.6. The minimum Gasteiger partial charge on any atom is -0.415 e. The molecule has 25 heavy (non-hydrogen) atoms. The summed E-state index contributed by atoms with van der Waals surface area (Å²) in [6, 6.07) is 23.4. The summed E-state index contributed by atoms with van der Waals surface area (Å²) in [6.07, 6.45) is 0.552. The van der Waals surface area contributed by atoms with Gasteiger partial charge in [0, 0.05) is 17.3 Å². The number of thioether (sulfide) groups is 1. The van der Waals surface area contributed by atoms with Crippen molar-refractivity contribution < 1.29 is 9.21 Å². The van der Waals surface area contributed by atoms with Crippen LogP contribution in [0.5, 0.6) is 0 Å². The molecule has 4 rings (SSSR count). The lowest BCUT2D eigenvalue weighted by molar-refractivity contribution is 0.108. The molecule has 0 atom stereocenters. The van der Waals surface area contributed by atoms with Crippen molar-refractivity contribution >= 4 is 27.6 Å². The Morgan fingerprint density at radius 3 is 2.52 bits per heavy atom. The first-order valence-electron chi connectivity index (χ1n) is 7.86. The lowest BCUT2D eigenvalue weighted by Gasteiger charge is -2.03. The number of hydrogen-bond acceptors (Lipinski definition) is 5. The molecular formula is C20H14N2O2S. The predicted octanol–water partition coefficient (Wildman–Crippen LogP) is 4.75. The van der Waals surface area contributed by atoms with E-state index >= 15 is 0 Å². The quantitative estimate of drug-likeness (QED) is 0.499. The number of carbonyl (C=O) groups is 1. The molecule has 1 aromatic heterocycles. The molecule has 0 aliphatic heterocycles. The van der Waals surface area contributed by atoms with E-state index < -0.39 is 0 Å². The SMILES string of the molecule is O=C(Sc1nnc(Cc2ccccc2)o1)c1cccc2ccccc12. The van der Waals surface area contributed by atoms with Crippen molar-refractivity contribution in [1.82, 2.24) is 10.2 Å². The van der Waals surface area contributed by atoms with E-state index in [-0.39, 0.29) is 10.3 Å². The van der Waals surface area contributed by atoms with Gasteiger partial charge in [-0.2, -0.15) is 0 Å². The Bertz CT molecular complexity index is 1020. The van der Waals surface area contributed by atoms with Crippen LogP contribution in [0.1, 0.15) is 21.8 Å². The number of rotatable bonds is 4. The Morgan fingerprint density at radius 1 is 0.880 bits per heavy atom. The van der Waals surface area contributed by atoms with E-state index in [0.29, 0.717) is 17.9 Å². The zero-order valence-electron chi connectivity index (χ0n) is 13.3. The van der Waals surface area contributed by atoms with Gasteiger partial charge in [0.05, 0.1) is 6.42 Å². The van der Waals surface area contributed by atoms with Gasteiger partial charge in [0.1, 0.15) is 0 Å². The third kappa shape index (κ3) is 3.46. The first kappa shape index (κ1) is 15.6. The molecule has 0 bridgehead atoms. The van der Waals surface area contributed by atoms with Crippen LogP contribution >= 0.6 is 11.8 Å². The van der Waals surface area contributed by atoms with Crippen molar-refractivity contribution in [2.24, 2.45) is 0 Å². The molecule has 0 unspecified atom stereocenters. The maximum absolute atomic E-state index is 12.6. The molecular weight excluding hydrogens is 332 g/mol. The predicted molar refractivity (Wildman–Crippen MR) is 97.7 cm³/mol. The summed E-state index contributed by atoms with van der Waals surface area (Å²) in [5.41, 5.74) is 1.73. The van der Waals surface area contributed by atoms with Crippen molar-refractivity contribution in [3.05, 3.63) is 89.8 Å². The van der Waals surface area contributed by atoms with Gasteiger partial charge in [-0.05, 0) is 22.4 Å². The van der Waals surface area contributed by atoms with E-state index in [2.05, 4.69) is 10.2 Å². The Morgan fingerprint density at radius 2 is 1.64 bits per heavy atom.